The summed E-state index contributed by atoms with van der Waals surface area (Å²) in [7, 11) is 0. The maximum absolute atomic E-state index is 13.0. The molecule has 3 heterocycles. The Kier molecular flexibility index (Phi) is 6.49. The zero-order chi connectivity index (χ0) is 22.7. The van der Waals surface area contributed by atoms with Crippen molar-refractivity contribution in [2.24, 2.45) is 0 Å². The number of benzene rings is 1. The van der Waals surface area contributed by atoms with Gasteiger partial charge in [-0.05, 0) is 35.1 Å². The van der Waals surface area contributed by atoms with E-state index in [1.807, 2.05) is 28.0 Å². The SMILES string of the molecule is CC(C)(C)c1ccc(CN2C(=O)CCC2CC(=O)N2CCN(c3ccccn3)CC2)cc1. The Morgan fingerprint density at radius 2 is 1.75 bits per heavy atom. The fraction of sp³-hybridized carbons (Fsp3) is 0.500. The van der Waals surface area contributed by atoms with Gasteiger partial charge in [0, 0.05) is 57.8 Å². The lowest BCUT2D eigenvalue weighted by molar-refractivity contribution is -0.134. The maximum Gasteiger partial charge on any atom is 0.224 e. The highest BCUT2D eigenvalue weighted by atomic mass is 16.2. The van der Waals surface area contributed by atoms with Crippen LogP contribution in [0.5, 0.6) is 0 Å². The van der Waals surface area contributed by atoms with Crippen LogP contribution in [0, 0.1) is 0 Å². The summed E-state index contributed by atoms with van der Waals surface area (Å²) < 4.78 is 0. The number of hydrogen-bond donors (Lipinski definition) is 0. The van der Waals surface area contributed by atoms with Crippen molar-refractivity contribution < 1.29 is 9.59 Å². The molecule has 0 saturated carbocycles. The Morgan fingerprint density at radius 1 is 1.03 bits per heavy atom. The number of piperazine rings is 1. The minimum Gasteiger partial charge on any atom is -0.353 e. The molecule has 2 aliphatic rings. The Morgan fingerprint density at radius 3 is 2.38 bits per heavy atom. The lowest BCUT2D eigenvalue weighted by Gasteiger charge is -2.36. The van der Waals surface area contributed by atoms with Crippen LogP contribution in [-0.2, 0) is 21.5 Å². The van der Waals surface area contributed by atoms with E-state index in [2.05, 4.69) is 54.9 Å². The van der Waals surface area contributed by atoms with Crippen LogP contribution in [-0.4, -0.2) is 58.8 Å². The van der Waals surface area contributed by atoms with E-state index in [0.717, 1.165) is 30.9 Å². The first-order valence-electron chi connectivity index (χ1n) is 11.6. The van der Waals surface area contributed by atoms with Gasteiger partial charge in [-0.25, -0.2) is 4.98 Å². The molecule has 170 valence electrons. The minimum absolute atomic E-state index is 0.00823. The molecule has 2 saturated heterocycles. The highest BCUT2D eigenvalue weighted by Crippen LogP contribution is 2.27. The summed E-state index contributed by atoms with van der Waals surface area (Å²) in [6, 6.07) is 14.4. The van der Waals surface area contributed by atoms with Crippen molar-refractivity contribution in [3.05, 3.63) is 59.8 Å². The highest BCUT2D eigenvalue weighted by Gasteiger charge is 2.34. The highest BCUT2D eigenvalue weighted by molar-refractivity contribution is 5.82. The topological polar surface area (TPSA) is 56.8 Å². The van der Waals surface area contributed by atoms with Gasteiger partial charge >= 0.3 is 0 Å². The third kappa shape index (κ3) is 5.12. The van der Waals surface area contributed by atoms with Gasteiger partial charge in [0.1, 0.15) is 5.82 Å². The van der Waals surface area contributed by atoms with Crippen LogP contribution in [0.3, 0.4) is 0 Å². The zero-order valence-corrected chi connectivity index (χ0v) is 19.5. The molecule has 1 aromatic heterocycles. The van der Waals surface area contributed by atoms with Gasteiger partial charge in [-0.2, -0.15) is 0 Å². The lowest BCUT2D eigenvalue weighted by atomic mass is 9.87. The van der Waals surface area contributed by atoms with Gasteiger partial charge in [-0.1, -0.05) is 51.1 Å². The van der Waals surface area contributed by atoms with Crippen LogP contribution in [0.4, 0.5) is 5.82 Å². The van der Waals surface area contributed by atoms with Gasteiger partial charge in [0.05, 0.1) is 0 Å². The molecule has 2 aliphatic heterocycles. The number of likely N-dealkylation sites (tertiary alicyclic amines) is 1. The summed E-state index contributed by atoms with van der Waals surface area (Å²) >= 11 is 0. The van der Waals surface area contributed by atoms with E-state index in [1.54, 1.807) is 6.20 Å². The monoisotopic (exact) mass is 434 g/mol. The average molecular weight is 435 g/mol. The van der Waals surface area contributed by atoms with Crippen molar-refractivity contribution in [3.8, 4) is 0 Å². The minimum atomic E-state index is -0.00823. The van der Waals surface area contributed by atoms with E-state index in [-0.39, 0.29) is 23.3 Å². The first kappa shape index (κ1) is 22.3. The molecule has 1 unspecified atom stereocenters. The summed E-state index contributed by atoms with van der Waals surface area (Å²) in [6.07, 6.45) is 3.51. The van der Waals surface area contributed by atoms with E-state index >= 15 is 0 Å². The molecule has 0 aliphatic carbocycles. The summed E-state index contributed by atoms with van der Waals surface area (Å²) in [5.41, 5.74) is 2.51. The van der Waals surface area contributed by atoms with Gasteiger partial charge in [-0.3, -0.25) is 9.59 Å². The van der Waals surface area contributed by atoms with Crippen molar-refractivity contribution >= 4 is 17.6 Å². The third-order valence-corrected chi connectivity index (χ3v) is 6.64. The summed E-state index contributed by atoms with van der Waals surface area (Å²) in [5.74, 6) is 1.27. The smallest absolute Gasteiger partial charge is 0.224 e. The Bertz CT molecular complexity index is 929. The van der Waals surface area contributed by atoms with Crippen LogP contribution >= 0.6 is 0 Å². The molecule has 6 heteroatoms. The van der Waals surface area contributed by atoms with Gasteiger partial charge in [0.15, 0.2) is 0 Å². The van der Waals surface area contributed by atoms with Crippen LogP contribution in [0.2, 0.25) is 0 Å². The summed E-state index contributed by atoms with van der Waals surface area (Å²) in [6.45, 7) is 10.1. The zero-order valence-electron chi connectivity index (χ0n) is 19.5. The Hall–Kier alpha value is -2.89. The number of carbonyl (C=O) groups excluding carboxylic acids is 2. The fourth-order valence-corrected chi connectivity index (χ4v) is 4.59. The van der Waals surface area contributed by atoms with Gasteiger partial charge in [0.2, 0.25) is 11.8 Å². The lowest BCUT2D eigenvalue weighted by Crippen LogP contribution is -2.50. The molecule has 2 aromatic rings. The quantitative estimate of drug-likeness (QED) is 0.721. The molecule has 1 atom stereocenters. The van der Waals surface area contributed by atoms with Crippen LogP contribution in [0.15, 0.2) is 48.7 Å². The molecule has 1 aromatic carbocycles. The number of amides is 2. The molecule has 2 amide bonds. The first-order valence-corrected chi connectivity index (χ1v) is 11.6. The van der Waals surface area contributed by atoms with E-state index in [4.69, 9.17) is 0 Å². The van der Waals surface area contributed by atoms with Crippen LogP contribution < -0.4 is 4.90 Å². The maximum atomic E-state index is 13.0. The van der Waals surface area contributed by atoms with E-state index in [9.17, 15) is 9.59 Å². The van der Waals surface area contributed by atoms with E-state index in [0.29, 0.717) is 32.5 Å². The molecule has 32 heavy (non-hydrogen) atoms. The van der Waals surface area contributed by atoms with Crippen LogP contribution in [0.1, 0.15) is 51.2 Å². The molecule has 0 bridgehead atoms. The van der Waals surface area contributed by atoms with E-state index in [1.165, 1.54) is 5.56 Å². The normalized spacial score (nSPS) is 19.5. The molecule has 0 N–H and O–H groups in total. The second-order valence-electron chi connectivity index (χ2n) is 9.92. The Balaban J connectivity index is 1.33. The standard InChI is InChI=1S/C26H34N4O2/c1-26(2,3)21-9-7-20(8-10-21)19-30-22(11-12-24(30)31)18-25(32)29-16-14-28(15-17-29)23-6-4-5-13-27-23/h4-10,13,22H,11-12,14-19H2,1-3H3. The number of nitrogens with zero attached hydrogens (tertiary/aromatic N) is 4. The number of pyridine rings is 1. The van der Waals surface area contributed by atoms with Crippen molar-refractivity contribution in [3.63, 3.8) is 0 Å². The number of anilines is 1. The number of aromatic nitrogens is 1. The van der Waals surface area contributed by atoms with Crippen molar-refractivity contribution in [1.29, 1.82) is 0 Å². The largest absolute Gasteiger partial charge is 0.353 e. The molecule has 0 radical (unpaired) electrons. The van der Waals surface area contributed by atoms with E-state index < -0.39 is 0 Å². The fourth-order valence-electron chi connectivity index (χ4n) is 4.59. The summed E-state index contributed by atoms with van der Waals surface area (Å²) in [5, 5.41) is 0. The molecule has 6 nitrogen and oxygen atoms in total. The van der Waals surface area contributed by atoms with Gasteiger partial charge in [0.25, 0.3) is 0 Å². The third-order valence-electron chi connectivity index (χ3n) is 6.64. The predicted octanol–water partition coefficient (Wildman–Crippen LogP) is 3.61. The van der Waals surface area contributed by atoms with Gasteiger partial charge in [-0.15, -0.1) is 0 Å². The summed E-state index contributed by atoms with van der Waals surface area (Å²) in [4.78, 5) is 36.1. The molecule has 0 spiro atoms. The first-order chi connectivity index (χ1) is 15.3. The second-order valence-corrected chi connectivity index (χ2v) is 9.92. The van der Waals surface area contributed by atoms with Crippen molar-refractivity contribution in [2.45, 2.75) is 58.0 Å². The number of hydrogen-bond acceptors (Lipinski definition) is 4. The molecule has 4 rings (SSSR count). The molecule has 2 fully saturated rings. The second kappa shape index (κ2) is 9.31. The van der Waals surface area contributed by atoms with Crippen molar-refractivity contribution in [2.75, 3.05) is 31.1 Å². The predicted molar refractivity (Wildman–Crippen MR) is 126 cm³/mol. The van der Waals surface area contributed by atoms with Crippen LogP contribution in [0.25, 0.3) is 0 Å². The van der Waals surface area contributed by atoms with Crippen molar-refractivity contribution in [1.82, 2.24) is 14.8 Å². The molecular formula is C26H34N4O2. The molecular weight excluding hydrogens is 400 g/mol. The number of carbonyl (C=O) groups is 2. The Labute approximate surface area is 191 Å². The average Bonchev–Trinajstić information content (AvgIpc) is 3.13. The number of rotatable bonds is 5. The van der Waals surface area contributed by atoms with Gasteiger partial charge < -0.3 is 14.7 Å².